The quantitative estimate of drug-likeness (QED) is 0.0571. The summed E-state index contributed by atoms with van der Waals surface area (Å²) in [4.78, 5) is 20.7. The van der Waals surface area contributed by atoms with Crippen molar-refractivity contribution in [3.8, 4) is 0 Å². The van der Waals surface area contributed by atoms with Crippen molar-refractivity contribution in [3.63, 3.8) is 0 Å². The van der Waals surface area contributed by atoms with Crippen molar-refractivity contribution in [1.29, 1.82) is 0 Å². The molecule has 0 saturated heterocycles. The summed E-state index contributed by atoms with van der Waals surface area (Å²) in [6.45, 7) is 4.42. The van der Waals surface area contributed by atoms with Gasteiger partial charge in [-0.05, 0) is 38.5 Å². The number of carboxylic acid groups (broad SMARTS) is 2. The molecule has 6 nitrogen and oxygen atoms in total. The van der Waals surface area contributed by atoms with E-state index < -0.39 is 11.9 Å². The van der Waals surface area contributed by atoms with E-state index in [1.165, 1.54) is 103 Å². The maximum absolute atomic E-state index is 10.3. The Morgan fingerprint density at radius 2 is 0.595 bits per heavy atom. The number of carbonyl (C=O) groups is 2. The molecule has 0 aliphatic heterocycles. The molecule has 0 aliphatic rings. The molecule has 0 saturated carbocycles. The molecule has 0 amide bonds. The van der Waals surface area contributed by atoms with Gasteiger partial charge in [-0.15, -0.1) is 0 Å². The van der Waals surface area contributed by atoms with Crippen molar-refractivity contribution in [3.05, 3.63) is 0 Å². The van der Waals surface area contributed by atoms with Gasteiger partial charge in [-0.1, -0.05) is 155 Å². The monoisotopic (exact) mass is 601 g/mol. The van der Waals surface area contributed by atoms with E-state index in [0.717, 1.165) is 77.0 Å². The molecule has 0 rings (SSSR count). The smallest absolute Gasteiger partial charge is 0.303 e. The molecule has 0 heterocycles. The average Bonchev–Trinajstić information content (AvgIpc) is 2.95. The van der Waals surface area contributed by atoms with Crippen LogP contribution >= 0.6 is 0 Å². The minimum Gasteiger partial charge on any atom is -0.481 e. The molecule has 42 heavy (non-hydrogen) atoms. The molecule has 0 aromatic rings. The van der Waals surface area contributed by atoms with Crippen LogP contribution < -0.4 is 0 Å². The van der Waals surface area contributed by atoms with Crippen LogP contribution in [-0.2, 0) is 9.59 Å². The normalized spacial score (nSPS) is 12.5. The largest absolute Gasteiger partial charge is 0.481 e. The van der Waals surface area contributed by atoms with E-state index in [1.54, 1.807) is 0 Å². The summed E-state index contributed by atoms with van der Waals surface area (Å²) < 4.78 is 0. The van der Waals surface area contributed by atoms with Gasteiger partial charge in [-0.2, -0.15) is 0 Å². The molecule has 0 fully saturated rings. The van der Waals surface area contributed by atoms with Gasteiger partial charge in [-0.25, -0.2) is 0 Å². The molecule has 0 aliphatic carbocycles. The molecule has 0 aromatic carbocycles. The van der Waals surface area contributed by atoms with Crippen molar-refractivity contribution in [2.24, 2.45) is 0 Å². The molecule has 2 unspecified atom stereocenters. The lowest BCUT2D eigenvalue weighted by Gasteiger charge is -2.10. The molecule has 0 aromatic heterocycles. The first-order valence-electron chi connectivity index (χ1n) is 18.1. The van der Waals surface area contributed by atoms with Gasteiger partial charge in [0.1, 0.15) is 0 Å². The third kappa shape index (κ3) is 41.0. The highest BCUT2D eigenvalue weighted by Gasteiger charge is 2.05. The molecule has 0 radical (unpaired) electrons. The summed E-state index contributed by atoms with van der Waals surface area (Å²) in [5.41, 5.74) is 0. The highest BCUT2D eigenvalue weighted by molar-refractivity contribution is 5.66. The summed E-state index contributed by atoms with van der Waals surface area (Å²) in [6.07, 6.45) is 32.5. The van der Waals surface area contributed by atoms with E-state index in [4.69, 9.17) is 10.2 Å². The fourth-order valence-electron chi connectivity index (χ4n) is 5.34. The molecule has 2 atom stereocenters. The highest BCUT2D eigenvalue weighted by Crippen LogP contribution is 2.15. The molecule has 0 spiro atoms. The molecular weight excluding hydrogens is 528 g/mol. The van der Waals surface area contributed by atoms with Crippen LogP contribution in [-0.4, -0.2) is 44.6 Å². The first-order chi connectivity index (χ1) is 20.3. The molecule has 0 bridgehead atoms. The Kier molecular flexibility index (Phi) is 36.9. The van der Waals surface area contributed by atoms with Gasteiger partial charge in [0.05, 0.1) is 12.2 Å². The minimum atomic E-state index is -0.678. The van der Waals surface area contributed by atoms with Crippen molar-refractivity contribution in [2.75, 3.05) is 0 Å². The van der Waals surface area contributed by atoms with E-state index in [2.05, 4.69) is 13.8 Å². The number of hydrogen-bond acceptors (Lipinski definition) is 4. The predicted molar refractivity (Wildman–Crippen MR) is 177 cm³/mol. The van der Waals surface area contributed by atoms with Crippen LogP contribution in [0.25, 0.3) is 0 Å². The molecule has 4 N–H and O–H groups in total. The predicted octanol–water partition coefficient (Wildman–Crippen LogP) is 10.6. The zero-order chi connectivity index (χ0) is 31.5. The van der Waals surface area contributed by atoms with Gasteiger partial charge in [0.25, 0.3) is 0 Å². The molecular formula is C36H72O6. The van der Waals surface area contributed by atoms with Gasteiger partial charge >= 0.3 is 11.9 Å². The lowest BCUT2D eigenvalue weighted by Crippen LogP contribution is -2.05. The van der Waals surface area contributed by atoms with Crippen LogP contribution in [0.15, 0.2) is 0 Å². The van der Waals surface area contributed by atoms with Gasteiger partial charge in [0.15, 0.2) is 0 Å². The maximum atomic E-state index is 10.3. The second-order valence-electron chi connectivity index (χ2n) is 12.5. The number of carboxylic acids is 2. The summed E-state index contributed by atoms with van der Waals surface area (Å²) in [5, 5.41) is 36.7. The average molecular weight is 601 g/mol. The number of aliphatic hydroxyl groups excluding tert-OH is 2. The summed E-state index contributed by atoms with van der Waals surface area (Å²) >= 11 is 0. The first-order valence-corrected chi connectivity index (χ1v) is 18.1. The van der Waals surface area contributed by atoms with E-state index in [9.17, 15) is 19.8 Å². The van der Waals surface area contributed by atoms with E-state index in [-0.39, 0.29) is 12.2 Å². The first kappa shape index (κ1) is 43.0. The summed E-state index contributed by atoms with van der Waals surface area (Å²) in [7, 11) is 0. The second-order valence-corrected chi connectivity index (χ2v) is 12.5. The van der Waals surface area contributed by atoms with Gasteiger partial charge < -0.3 is 20.4 Å². The molecule has 252 valence electrons. The van der Waals surface area contributed by atoms with Crippen molar-refractivity contribution < 1.29 is 30.0 Å². The number of hydrogen-bond donors (Lipinski definition) is 4. The standard InChI is InChI=1S/2C18H36O3/c2*1-2-3-4-11-14-17(19)15-12-9-7-5-6-8-10-13-16-18(20)21/h2*17,19H,2-16H2,1H3,(H,20,21). The zero-order valence-electron chi connectivity index (χ0n) is 28.0. The maximum Gasteiger partial charge on any atom is 0.303 e. The Morgan fingerprint density at radius 3 is 0.833 bits per heavy atom. The fourth-order valence-corrected chi connectivity index (χ4v) is 5.34. The zero-order valence-corrected chi connectivity index (χ0v) is 28.0. The third-order valence-electron chi connectivity index (χ3n) is 8.14. The lowest BCUT2D eigenvalue weighted by atomic mass is 10.0. The Bertz CT molecular complexity index is 505. The lowest BCUT2D eigenvalue weighted by molar-refractivity contribution is -0.138. The van der Waals surface area contributed by atoms with Crippen LogP contribution in [0.2, 0.25) is 0 Å². The Balaban J connectivity index is 0. The minimum absolute atomic E-state index is 0.0853. The number of unbranched alkanes of at least 4 members (excludes halogenated alkanes) is 20. The van der Waals surface area contributed by atoms with Gasteiger partial charge in [0.2, 0.25) is 0 Å². The molecule has 6 heteroatoms. The van der Waals surface area contributed by atoms with Crippen LogP contribution in [0.5, 0.6) is 0 Å². The van der Waals surface area contributed by atoms with E-state index in [1.807, 2.05) is 0 Å². The van der Waals surface area contributed by atoms with Crippen molar-refractivity contribution in [2.45, 2.75) is 219 Å². The Morgan fingerprint density at radius 1 is 0.381 bits per heavy atom. The topological polar surface area (TPSA) is 115 Å². The summed E-state index contributed by atoms with van der Waals surface area (Å²) in [5.74, 6) is -1.36. The Labute approximate surface area is 260 Å². The highest BCUT2D eigenvalue weighted by atomic mass is 16.4. The fraction of sp³-hybridized carbons (Fsp3) is 0.944. The Hall–Kier alpha value is -1.14. The van der Waals surface area contributed by atoms with Crippen molar-refractivity contribution in [1.82, 2.24) is 0 Å². The number of aliphatic hydroxyl groups is 2. The van der Waals surface area contributed by atoms with Crippen LogP contribution in [0.1, 0.15) is 206 Å². The third-order valence-corrected chi connectivity index (χ3v) is 8.14. The van der Waals surface area contributed by atoms with Crippen LogP contribution in [0.4, 0.5) is 0 Å². The second kappa shape index (κ2) is 36.1. The van der Waals surface area contributed by atoms with Crippen LogP contribution in [0, 0.1) is 0 Å². The SMILES string of the molecule is CCCCCCC(O)CCCCCCCCCCC(=O)O.CCCCCCC(O)CCCCCCCCCCC(=O)O. The van der Waals surface area contributed by atoms with Crippen LogP contribution in [0.3, 0.4) is 0 Å². The number of rotatable bonds is 32. The number of aliphatic carboxylic acids is 2. The van der Waals surface area contributed by atoms with Gasteiger partial charge in [-0.3, -0.25) is 9.59 Å². The van der Waals surface area contributed by atoms with E-state index in [0.29, 0.717) is 12.8 Å². The van der Waals surface area contributed by atoms with Crippen molar-refractivity contribution >= 4 is 11.9 Å². The van der Waals surface area contributed by atoms with E-state index >= 15 is 0 Å². The summed E-state index contributed by atoms with van der Waals surface area (Å²) in [6, 6.07) is 0. The van der Waals surface area contributed by atoms with Gasteiger partial charge in [0, 0.05) is 12.8 Å².